The molecule has 3 aromatic rings. The van der Waals surface area contributed by atoms with Gasteiger partial charge in [0.2, 0.25) is 0 Å². The quantitative estimate of drug-likeness (QED) is 0.371. The van der Waals surface area contributed by atoms with Gasteiger partial charge in [-0.25, -0.2) is 4.79 Å². The lowest BCUT2D eigenvalue weighted by Crippen LogP contribution is -2.00. The van der Waals surface area contributed by atoms with E-state index in [2.05, 4.69) is 0 Å². The third kappa shape index (κ3) is 1.52. The van der Waals surface area contributed by atoms with Gasteiger partial charge in [0.1, 0.15) is 5.58 Å². The van der Waals surface area contributed by atoms with Crippen LogP contribution in [-0.4, -0.2) is 5.78 Å². The number of hydrogen-bond donors (Lipinski definition) is 0. The second-order valence-corrected chi connectivity index (χ2v) is 4.20. The average molecular weight is 238 g/mol. The summed E-state index contributed by atoms with van der Waals surface area (Å²) >= 11 is 0. The van der Waals surface area contributed by atoms with Crippen molar-refractivity contribution in [3.8, 4) is 0 Å². The standard InChI is InChI=1S/C15H10O3/c1-9(16)10-6-7-12-11-4-2-3-5-13(11)15(17)18-14(12)8-10/h2-8H,1H3. The van der Waals surface area contributed by atoms with Crippen molar-refractivity contribution in [1.82, 2.24) is 0 Å². The van der Waals surface area contributed by atoms with Gasteiger partial charge in [-0.15, -0.1) is 0 Å². The van der Waals surface area contributed by atoms with Crippen molar-refractivity contribution in [2.24, 2.45) is 0 Å². The van der Waals surface area contributed by atoms with Crippen LogP contribution in [0, 0.1) is 0 Å². The van der Waals surface area contributed by atoms with E-state index in [4.69, 9.17) is 4.42 Å². The Morgan fingerprint density at radius 3 is 2.44 bits per heavy atom. The Bertz CT molecular complexity index is 828. The zero-order valence-electron chi connectivity index (χ0n) is 9.77. The van der Waals surface area contributed by atoms with Crippen LogP contribution in [0.3, 0.4) is 0 Å². The molecule has 3 rings (SSSR count). The van der Waals surface area contributed by atoms with Crippen LogP contribution in [0.4, 0.5) is 0 Å². The van der Waals surface area contributed by atoms with E-state index in [9.17, 15) is 9.59 Å². The molecule has 18 heavy (non-hydrogen) atoms. The minimum absolute atomic E-state index is 0.0484. The van der Waals surface area contributed by atoms with Crippen LogP contribution in [0.2, 0.25) is 0 Å². The van der Waals surface area contributed by atoms with Crippen LogP contribution < -0.4 is 5.63 Å². The fourth-order valence-electron chi connectivity index (χ4n) is 2.10. The first kappa shape index (κ1) is 10.7. The van der Waals surface area contributed by atoms with Crippen molar-refractivity contribution in [3.05, 3.63) is 58.4 Å². The van der Waals surface area contributed by atoms with Gasteiger partial charge in [0.15, 0.2) is 5.78 Å². The Hall–Kier alpha value is -2.42. The minimum Gasteiger partial charge on any atom is -0.422 e. The van der Waals surface area contributed by atoms with Crippen molar-refractivity contribution in [1.29, 1.82) is 0 Å². The monoisotopic (exact) mass is 238 g/mol. The molecule has 0 N–H and O–H groups in total. The van der Waals surface area contributed by atoms with Gasteiger partial charge < -0.3 is 4.42 Å². The number of carbonyl (C=O) groups excluding carboxylic acids is 1. The highest BCUT2D eigenvalue weighted by atomic mass is 16.4. The SMILES string of the molecule is CC(=O)c1ccc2c(c1)oc(=O)c1ccccc12. The van der Waals surface area contributed by atoms with Crippen LogP contribution >= 0.6 is 0 Å². The molecule has 2 aromatic carbocycles. The Kier molecular flexibility index (Phi) is 2.27. The molecule has 0 atom stereocenters. The number of benzene rings is 2. The molecule has 3 nitrogen and oxygen atoms in total. The summed E-state index contributed by atoms with van der Waals surface area (Å²) in [6.07, 6.45) is 0. The lowest BCUT2D eigenvalue weighted by molar-refractivity contribution is 0.101. The summed E-state index contributed by atoms with van der Waals surface area (Å²) in [6.45, 7) is 1.49. The molecular weight excluding hydrogens is 228 g/mol. The normalized spacial score (nSPS) is 10.9. The van der Waals surface area contributed by atoms with Gasteiger partial charge in [-0.1, -0.05) is 24.3 Å². The molecule has 0 aliphatic rings. The molecule has 0 amide bonds. The highest BCUT2D eigenvalue weighted by Crippen LogP contribution is 2.23. The number of carbonyl (C=O) groups is 1. The topological polar surface area (TPSA) is 47.3 Å². The molecule has 1 aromatic heterocycles. The summed E-state index contributed by atoms with van der Waals surface area (Å²) in [4.78, 5) is 23.1. The Balaban J connectivity index is 2.50. The first-order chi connectivity index (χ1) is 8.66. The maximum absolute atomic E-state index is 11.8. The molecule has 0 bridgehead atoms. The van der Waals surface area contributed by atoms with E-state index in [1.807, 2.05) is 18.2 Å². The second kappa shape index (κ2) is 3.81. The highest BCUT2D eigenvalue weighted by molar-refractivity contribution is 6.06. The van der Waals surface area contributed by atoms with E-state index in [1.165, 1.54) is 6.92 Å². The Morgan fingerprint density at radius 2 is 1.72 bits per heavy atom. The molecule has 3 heteroatoms. The summed E-state index contributed by atoms with van der Waals surface area (Å²) in [5.41, 5.74) is 0.617. The van der Waals surface area contributed by atoms with Crippen LogP contribution in [0.15, 0.2) is 51.7 Å². The molecule has 0 unspecified atom stereocenters. The third-order valence-corrected chi connectivity index (χ3v) is 3.03. The molecule has 0 saturated carbocycles. The fourth-order valence-corrected chi connectivity index (χ4v) is 2.10. The molecule has 0 fully saturated rings. The maximum atomic E-state index is 11.8. The lowest BCUT2D eigenvalue weighted by atomic mass is 10.0. The maximum Gasteiger partial charge on any atom is 0.344 e. The van der Waals surface area contributed by atoms with Crippen molar-refractivity contribution in [3.63, 3.8) is 0 Å². The molecule has 88 valence electrons. The van der Waals surface area contributed by atoms with Gasteiger partial charge in [0.25, 0.3) is 0 Å². The number of ketones is 1. The molecular formula is C15H10O3. The van der Waals surface area contributed by atoms with Crippen LogP contribution in [0.5, 0.6) is 0 Å². The molecule has 0 aliphatic heterocycles. The van der Waals surface area contributed by atoms with Gasteiger partial charge in [-0.05, 0) is 30.5 Å². The lowest BCUT2D eigenvalue weighted by Gasteiger charge is -2.03. The largest absolute Gasteiger partial charge is 0.422 e. The zero-order valence-corrected chi connectivity index (χ0v) is 9.77. The van der Waals surface area contributed by atoms with E-state index in [0.29, 0.717) is 16.5 Å². The van der Waals surface area contributed by atoms with E-state index in [0.717, 1.165) is 10.8 Å². The zero-order chi connectivity index (χ0) is 12.7. The Morgan fingerprint density at radius 1 is 1.00 bits per heavy atom. The second-order valence-electron chi connectivity index (χ2n) is 4.20. The minimum atomic E-state index is -0.376. The van der Waals surface area contributed by atoms with E-state index in [-0.39, 0.29) is 11.4 Å². The molecule has 0 saturated heterocycles. The summed E-state index contributed by atoms with van der Waals surface area (Å²) in [7, 11) is 0. The van der Waals surface area contributed by atoms with Crippen LogP contribution in [0.1, 0.15) is 17.3 Å². The van der Waals surface area contributed by atoms with Crippen molar-refractivity contribution in [2.45, 2.75) is 6.92 Å². The first-order valence-corrected chi connectivity index (χ1v) is 5.63. The van der Waals surface area contributed by atoms with Gasteiger partial charge in [0.05, 0.1) is 5.39 Å². The highest BCUT2D eigenvalue weighted by Gasteiger charge is 2.08. The Labute approximate surface area is 103 Å². The number of fused-ring (bicyclic) bond motifs is 3. The van der Waals surface area contributed by atoms with Gasteiger partial charge in [-0.2, -0.15) is 0 Å². The summed E-state index contributed by atoms with van der Waals surface area (Å²) in [6, 6.07) is 12.5. The van der Waals surface area contributed by atoms with Crippen LogP contribution in [0.25, 0.3) is 21.7 Å². The predicted molar refractivity (Wildman–Crippen MR) is 70.0 cm³/mol. The first-order valence-electron chi connectivity index (χ1n) is 5.63. The summed E-state index contributed by atoms with van der Waals surface area (Å²) in [5, 5.41) is 2.25. The molecule has 1 heterocycles. The molecule has 0 spiro atoms. The van der Waals surface area contributed by atoms with Crippen molar-refractivity contribution >= 4 is 27.5 Å². The van der Waals surface area contributed by atoms with E-state index < -0.39 is 0 Å². The number of rotatable bonds is 1. The van der Waals surface area contributed by atoms with Gasteiger partial charge >= 0.3 is 5.63 Å². The fraction of sp³-hybridized carbons (Fsp3) is 0.0667. The third-order valence-electron chi connectivity index (χ3n) is 3.03. The van der Waals surface area contributed by atoms with E-state index in [1.54, 1.807) is 24.3 Å². The summed E-state index contributed by atoms with van der Waals surface area (Å²) in [5.74, 6) is -0.0484. The van der Waals surface area contributed by atoms with Crippen LogP contribution in [-0.2, 0) is 0 Å². The predicted octanol–water partition coefficient (Wildman–Crippen LogP) is 3.15. The number of Topliss-reactive ketones (excluding diaryl/α,β-unsaturated/α-hetero) is 1. The van der Waals surface area contributed by atoms with Gasteiger partial charge in [-0.3, -0.25) is 4.79 Å². The molecule has 0 aliphatic carbocycles. The summed E-state index contributed by atoms with van der Waals surface area (Å²) < 4.78 is 5.26. The number of hydrogen-bond acceptors (Lipinski definition) is 3. The van der Waals surface area contributed by atoms with Crippen molar-refractivity contribution < 1.29 is 9.21 Å². The smallest absolute Gasteiger partial charge is 0.344 e. The molecule has 0 radical (unpaired) electrons. The van der Waals surface area contributed by atoms with E-state index >= 15 is 0 Å². The van der Waals surface area contributed by atoms with Gasteiger partial charge in [0, 0.05) is 10.9 Å². The van der Waals surface area contributed by atoms with Crippen molar-refractivity contribution in [2.75, 3.05) is 0 Å². The average Bonchev–Trinajstić information content (AvgIpc) is 2.38.